The number of hydrogen-bond donors (Lipinski definition) is 0. The summed E-state index contributed by atoms with van der Waals surface area (Å²) < 4.78 is 10.5. The Balaban J connectivity index is 2.04. The number of esters is 1. The fourth-order valence-corrected chi connectivity index (χ4v) is 2.65. The van der Waals surface area contributed by atoms with Gasteiger partial charge in [-0.3, -0.25) is 4.79 Å². The molecular formula is C20H26N2O4. The highest BCUT2D eigenvalue weighted by Gasteiger charge is 2.25. The summed E-state index contributed by atoms with van der Waals surface area (Å²) in [6.45, 7) is 9.52. The molecule has 0 bridgehead atoms. The molecule has 0 spiro atoms. The zero-order chi connectivity index (χ0) is 19.3. The van der Waals surface area contributed by atoms with Crippen LogP contribution in [-0.2, 0) is 16.1 Å². The number of aromatic nitrogens is 1. The van der Waals surface area contributed by atoms with Crippen LogP contribution < -0.4 is 0 Å². The van der Waals surface area contributed by atoms with E-state index in [4.69, 9.17) is 9.26 Å². The minimum absolute atomic E-state index is 0.000283. The molecule has 0 atom stereocenters. The van der Waals surface area contributed by atoms with E-state index in [-0.39, 0.29) is 24.5 Å². The van der Waals surface area contributed by atoms with Crippen molar-refractivity contribution in [2.24, 2.45) is 0 Å². The monoisotopic (exact) mass is 358 g/mol. The molecule has 1 heterocycles. The van der Waals surface area contributed by atoms with Crippen molar-refractivity contribution in [1.29, 1.82) is 0 Å². The van der Waals surface area contributed by atoms with Gasteiger partial charge in [0, 0.05) is 18.5 Å². The van der Waals surface area contributed by atoms with Crippen LogP contribution >= 0.6 is 0 Å². The van der Waals surface area contributed by atoms with Crippen molar-refractivity contribution in [3.8, 4) is 0 Å². The number of ether oxygens (including phenoxy) is 1. The first-order valence-electron chi connectivity index (χ1n) is 8.78. The second-order valence-corrected chi connectivity index (χ2v) is 6.84. The summed E-state index contributed by atoms with van der Waals surface area (Å²) in [5.41, 5.74) is 1.81. The largest absolute Gasteiger partial charge is 0.452 e. The van der Waals surface area contributed by atoms with Crippen molar-refractivity contribution in [3.63, 3.8) is 0 Å². The molecule has 1 amide bonds. The van der Waals surface area contributed by atoms with Gasteiger partial charge in [-0.2, -0.15) is 0 Å². The summed E-state index contributed by atoms with van der Waals surface area (Å²) in [6, 6.07) is 9.71. The maximum atomic E-state index is 12.6. The summed E-state index contributed by atoms with van der Waals surface area (Å²) in [5, 5.41) is 3.83. The van der Waals surface area contributed by atoms with Crippen LogP contribution in [0.3, 0.4) is 0 Å². The maximum absolute atomic E-state index is 12.6. The highest BCUT2D eigenvalue weighted by molar-refractivity contribution is 5.93. The van der Waals surface area contributed by atoms with Crippen molar-refractivity contribution < 1.29 is 18.8 Å². The van der Waals surface area contributed by atoms with E-state index in [2.05, 4.69) is 5.16 Å². The van der Waals surface area contributed by atoms with E-state index in [0.717, 1.165) is 5.56 Å². The summed E-state index contributed by atoms with van der Waals surface area (Å²) in [5.74, 6) is -0.341. The Labute approximate surface area is 154 Å². The highest BCUT2D eigenvalue weighted by Crippen LogP contribution is 2.23. The molecule has 2 rings (SSSR count). The molecule has 0 aliphatic rings. The fraction of sp³-hybridized carbons (Fsp3) is 0.450. The van der Waals surface area contributed by atoms with Crippen molar-refractivity contribution in [3.05, 3.63) is 52.9 Å². The number of rotatable bonds is 7. The van der Waals surface area contributed by atoms with E-state index in [0.29, 0.717) is 23.6 Å². The van der Waals surface area contributed by atoms with Crippen molar-refractivity contribution in [2.75, 3.05) is 6.61 Å². The predicted octanol–water partition coefficient (Wildman–Crippen LogP) is 3.70. The lowest BCUT2D eigenvalue weighted by atomic mass is 10.1. The Morgan fingerprint density at radius 1 is 1.15 bits per heavy atom. The van der Waals surface area contributed by atoms with Crippen LogP contribution in [-0.4, -0.2) is 34.6 Å². The van der Waals surface area contributed by atoms with E-state index in [1.807, 2.05) is 58.0 Å². The zero-order valence-corrected chi connectivity index (χ0v) is 16.0. The number of carbonyl (C=O) groups excluding carboxylic acids is 2. The van der Waals surface area contributed by atoms with Gasteiger partial charge >= 0.3 is 5.97 Å². The second-order valence-electron chi connectivity index (χ2n) is 6.84. The topological polar surface area (TPSA) is 72.6 Å². The average molecular weight is 358 g/mol. The van der Waals surface area contributed by atoms with E-state index in [1.165, 1.54) is 0 Å². The quantitative estimate of drug-likeness (QED) is 0.706. The molecule has 6 heteroatoms. The minimum Gasteiger partial charge on any atom is -0.452 e. The van der Waals surface area contributed by atoms with Crippen LogP contribution in [0.5, 0.6) is 0 Å². The van der Waals surface area contributed by atoms with E-state index < -0.39 is 5.97 Å². The molecule has 140 valence electrons. The van der Waals surface area contributed by atoms with Gasteiger partial charge in [0.2, 0.25) is 0 Å². The Morgan fingerprint density at radius 2 is 1.81 bits per heavy atom. The first-order valence-corrected chi connectivity index (χ1v) is 8.78. The van der Waals surface area contributed by atoms with Gasteiger partial charge in [0.1, 0.15) is 5.56 Å². The average Bonchev–Trinajstić information content (AvgIpc) is 3.00. The van der Waals surface area contributed by atoms with E-state index in [1.54, 1.807) is 11.8 Å². The number of aryl methyl sites for hydroxylation is 1. The van der Waals surface area contributed by atoms with Crippen molar-refractivity contribution in [1.82, 2.24) is 10.1 Å². The lowest BCUT2D eigenvalue weighted by molar-refractivity contribution is -0.136. The molecular weight excluding hydrogens is 332 g/mol. The molecule has 1 aromatic heterocycles. The predicted molar refractivity (Wildman–Crippen MR) is 97.7 cm³/mol. The first-order chi connectivity index (χ1) is 12.3. The Morgan fingerprint density at radius 3 is 2.38 bits per heavy atom. The third-order valence-corrected chi connectivity index (χ3v) is 4.08. The Bertz CT molecular complexity index is 750. The number of nitrogens with zero attached hydrogens (tertiary/aromatic N) is 2. The molecule has 6 nitrogen and oxygen atoms in total. The lowest BCUT2D eigenvalue weighted by Gasteiger charge is -2.26. The van der Waals surface area contributed by atoms with Gasteiger partial charge in [-0.05, 0) is 26.3 Å². The fourth-order valence-electron chi connectivity index (χ4n) is 2.65. The minimum atomic E-state index is -0.579. The third kappa shape index (κ3) is 4.71. The van der Waals surface area contributed by atoms with Gasteiger partial charge in [-0.25, -0.2) is 4.79 Å². The van der Waals surface area contributed by atoms with Gasteiger partial charge in [-0.15, -0.1) is 0 Å². The van der Waals surface area contributed by atoms with Crippen LogP contribution in [0.1, 0.15) is 61.0 Å². The molecule has 0 radical (unpaired) electrons. The molecule has 0 aliphatic carbocycles. The number of amides is 1. The molecule has 0 fully saturated rings. The smallest absolute Gasteiger partial charge is 0.344 e. The van der Waals surface area contributed by atoms with Crippen LogP contribution in [0.4, 0.5) is 0 Å². The van der Waals surface area contributed by atoms with E-state index >= 15 is 0 Å². The van der Waals surface area contributed by atoms with Gasteiger partial charge in [0.25, 0.3) is 5.91 Å². The molecule has 1 aromatic carbocycles. The number of hydrogen-bond acceptors (Lipinski definition) is 5. The van der Waals surface area contributed by atoms with Crippen molar-refractivity contribution >= 4 is 11.9 Å². The van der Waals surface area contributed by atoms with Crippen LogP contribution in [0.2, 0.25) is 0 Å². The lowest BCUT2D eigenvalue weighted by Crippen LogP contribution is -2.39. The normalized spacial score (nSPS) is 11.0. The van der Waals surface area contributed by atoms with Gasteiger partial charge in [0.15, 0.2) is 12.4 Å². The van der Waals surface area contributed by atoms with Crippen LogP contribution in [0.15, 0.2) is 34.9 Å². The first kappa shape index (κ1) is 19.7. The zero-order valence-electron chi connectivity index (χ0n) is 16.0. The molecule has 26 heavy (non-hydrogen) atoms. The SMILES string of the molecule is Cc1noc(C(C)C)c1C(=O)OCC(=O)N(Cc1ccccc1)C(C)C. The molecule has 0 saturated heterocycles. The molecule has 0 saturated carbocycles. The van der Waals surface area contributed by atoms with Crippen LogP contribution in [0.25, 0.3) is 0 Å². The Hall–Kier alpha value is -2.63. The third-order valence-electron chi connectivity index (χ3n) is 4.08. The second kappa shape index (κ2) is 8.65. The molecule has 0 unspecified atom stereocenters. The highest BCUT2D eigenvalue weighted by atomic mass is 16.5. The van der Waals surface area contributed by atoms with Gasteiger partial charge in [-0.1, -0.05) is 49.3 Å². The summed E-state index contributed by atoms with van der Waals surface area (Å²) in [6.07, 6.45) is 0. The number of benzene rings is 1. The van der Waals surface area contributed by atoms with Crippen molar-refractivity contribution in [2.45, 2.75) is 53.1 Å². The molecule has 0 aliphatic heterocycles. The van der Waals surface area contributed by atoms with Gasteiger partial charge < -0.3 is 14.2 Å². The molecule has 2 aromatic rings. The Kier molecular flexibility index (Phi) is 6.55. The maximum Gasteiger partial charge on any atom is 0.344 e. The van der Waals surface area contributed by atoms with E-state index in [9.17, 15) is 9.59 Å². The molecule has 0 N–H and O–H groups in total. The summed E-state index contributed by atoms with van der Waals surface area (Å²) in [4.78, 5) is 26.7. The summed E-state index contributed by atoms with van der Waals surface area (Å²) >= 11 is 0. The van der Waals surface area contributed by atoms with Gasteiger partial charge in [0.05, 0.1) is 5.69 Å². The standard InChI is InChI=1S/C20H26N2O4/c1-13(2)19-18(15(5)21-26-19)20(24)25-12-17(23)22(14(3)4)11-16-9-7-6-8-10-16/h6-10,13-14H,11-12H2,1-5H3. The van der Waals surface area contributed by atoms with Crippen LogP contribution in [0, 0.1) is 6.92 Å². The number of carbonyl (C=O) groups is 2. The summed E-state index contributed by atoms with van der Waals surface area (Å²) in [7, 11) is 0.